The van der Waals surface area contributed by atoms with Crippen molar-refractivity contribution in [3.63, 3.8) is 0 Å². The lowest BCUT2D eigenvalue weighted by molar-refractivity contribution is -0.148. The molecule has 1 fully saturated rings. The number of rotatable bonds is 3. The fraction of sp³-hybridized carbons (Fsp3) is 0.385. The van der Waals surface area contributed by atoms with Crippen molar-refractivity contribution in [1.29, 1.82) is 0 Å². The number of benzene rings is 1. The standard InChI is InChI=1S/C13H15FN2O2/c1-16-12(17)7-6-11(13(16)18)15-8-9-4-2-3-5-10(9)14/h2-5,11,15H,6-8H2,1H3. The first-order chi connectivity index (χ1) is 8.59. The summed E-state index contributed by atoms with van der Waals surface area (Å²) in [5, 5.41) is 3.00. The van der Waals surface area contributed by atoms with Gasteiger partial charge in [0, 0.05) is 25.6 Å². The minimum Gasteiger partial charge on any atom is -0.302 e. The van der Waals surface area contributed by atoms with E-state index < -0.39 is 6.04 Å². The zero-order valence-corrected chi connectivity index (χ0v) is 10.1. The fourth-order valence-electron chi connectivity index (χ4n) is 1.98. The van der Waals surface area contributed by atoms with Crippen LogP contribution in [-0.2, 0) is 16.1 Å². The second kappa shape index (κ2) is 5.27. The first-order valence-corrected chi connectivity index (χ1v) is 5.87. The molecule has 0 aliphatic carbocycles. The number of hydrogen-bond acceptors (Lipinski definition) is 3. The van der Waals surface area contributed by atoms with Crippen molar-refractivity contribution in [3.8, 4) is 0 Å². The number of piperidine rings is 1. The van der Waals surface area contributed by atoms with Crippen LogP contribution in [0, 0.1) is 5.82 Å². The molecule has 2 amide bonds. The van der Waals surface area contributed by atoms with Crippen molar-refractivity contribution in [2.24, 2.45) is 0 Å². The number of carbonyl (C=O) groups excluding carboxylic acids is 2. The number of nitrogens with one attached hydrogen (secondary N) is 1. The molecule has 1 heterocycles. The van der Waals surface area contributed by atoms with Gasteiger partial charge >= 0.3 is 0 Å². The minimum atomic E-state index is -0.410. The zero-order chi connectivity index (χ0) is 13.1. The molecule has 1 atom stereocenters. The lowest BCUT2D eigenvalue weighted by atomic mass is 10.0. The van der Waals surface area contributed by atoms with Crippen LogP contribution in [0.5, 0.6) is 0 Å². The third kappa shape index (κ3) is 2.56. The van der Waals surface area contributed by atoms with Crippen LogP contribution < -0.4 is 5.32 Å². The van der Waals surface area contributed by atoms with Gasteiger partial charge in [0.2, 0.25) is 11.8 Å². The molecule has 1 aromatic carbocycles. The number of nitrogens with zero attached hydrogens (tertiary/aromatic N) is 1. The number of amides is 2. The average Bonchev–Trinajstić information content (AvgIpc) is 2.37. The summed E-state index contributed by atoms with van der Waals surface area (Å²) in [5.41, 5.74) is 0.518. The van der Waals surface area contributed by atoms with E-state index in [2.05, 4.69) is 5.32 Å². The van der Waals surface area contributed by atoms with Gasteiger partial charge in [-0.2, -0.15) is 0 Å². The molecule has 1 aliphatic rings. The summed E-state index contributed by atoms with van der Waals surface area (Å²) in [6.45, 7) is 0.283. The summed E-state index contributed by atoms with van der Waals surface area (Å²) >= 11 is 0. The highest BCUT2D eigenvalue weighted by atomic mass is 19.1. The number of likely N-dealkylation sites (N-methyl/N-ethyl adjacent to an activating group) is 1. The molecule has 1 aliphatic heterocycles. The van der Waals surface area contributed by atoms with Gasteiger partial charge in [-0.15, -0.1) is 0 Å². The Bertz CT molecular complexity index is 476. The van der Waals surface area contributed by atoms with Crippen molar-refractivity contribution >= 4 is 11.8 Å². The van der Waals surface area contributed by atoms with Crippen LogP contribution in [0.3, 0.4) is 0 Å². The molecular formula is C13H15FN2O2. The van der Waals surface area contributed by atoms with E-state index in [1.807, 2.05) is 0 Å². The number of likely N-dealkylation sites (tertiary alicyclic amines) is 1. The molecule has 0 spiro atoms. The third-order valence-corrected chi connectivity index (χ3v) is 3.15. The van der Waals surface area contributed by atoms with Crippen LogP contribution in [0.25, 0.3) is 0 Å². The number of imide groups is 1. The largest absolute Gasteiger partial charge is 0.302 e. The summed E-state index contributed by atoms with van der Waals surface area (Å²) < 4.78 is 13.4. The Hall–Kier alpha value is -1.75. The maximum absolute atomic E-state index is 13.4. The molecule has 1 aromatic rings. The first-order valence-electron chi connectivity index (χ1n) is 5.87. The summed E-state index contributed by atoms with van der Waals surface area (Å²) in [5.74, 6) is -0.704. The molecule has 0 aromatic heterocycles. The van der Waals surface area contributed by atoms with Gasteiger partial charge in [-0.3, -0.25) is 14.5 Å². The van der Waals surface area contributed by atoms with Gasteiger partial charge in [0.25, 0.3) is 0 Å². The lowest BCUT2D eigenvalue weighted by Crippen LogP contribution is -2.51. The van der Waals surface area contributed by atoms with Crippen LogP contribution >= 0.6 is 0 Å². The summed E-state index contributed by atoms with van der Waals surface area (Å²) in [6, 6.07) is 6.02. The Kier molecular flexibility index (Phi) is 3.72. The predicted molar refractivity (Wildman–Crippen MR) is 64.0 cm³/mol. The molecule has 0 radical (unpaired) electrons. The van der Waals surface area contributed by atoms with E-state index in [0.717, 1.165) is 4.90 Å². The summed E-state index contributed by atoms with van der Waals surface area (Å²) in [6.07, 6.45) is 0.813. The van der Waals surface area contributed by atoms with Crippen molar-refractivity contribution in [3.05, 3.63) is 35.6 Å². The van der Waals surface area contributed by atoms with Gasteiger partial charge in [-0.25, -0.2) is 4.39 Å². The monoisotopic (exact) mass is 250 g/mol. The zero-order valence-electron chi connectivity index (χ0n) is 10.1. The predicted octanol–water partition coefficient (Wildman–Crippen LogP) is 1.06. The van der Waals surface area contributed by atoms with Gasteiger partial charge in [0.1, 0.15) is 5.82 Å². The minimum absolute atomic E-state index is 0.163. The molecule has 5 heteroatoms. The van der Waals surface area contributed by atoms with E-state index in [1.165, 1.54) is 13.1 Å². The smallest absolute Gasteiger partial charge is 0.246 e. The van der Waals surface area contributed by atoms with Gasteiger partial charge in [0.15, 0.2) is 0 Å². The summed E-state index contributed by atoms with van der Waals surface area (Å²) in [7, 11) is 1.47. The molecule has 4 nitrogen and oxygen atoms in total. The quantitative estimate of drug-likeness (QED) is 0.816. The Morgan fingerprint density at radius 3 is 2.83 bits per heavy atom. The van der Waals surface area contributed by atoms with Crippen LogP contribution in [0.1, 0.15) is 18.4 Å². The SMILES string of the molecule is CN1C(=O)CCC(NCc2ccccc2F)C1=O. The molecule has 1 N–H and O–H groups in total. The average molecular weight is 250 g/mol. The number of halogens is 1. The van der Waals surface area contributed by atoms with Crippen LogP contribution in [-0.4, -0.2) is 29.8 Å². The van der Waals surface area contributed by atoms with E-state index in [0.29, 0.717) is 18.4 Å². The molecule has 1 unspecified atom stereocenters. The van der Waals surface area contributed by atoms with Crippen molar-refractivity contribution in [1.82, 2.24) is 10.2 Å². The van der Waals surface area contributed by atoms with E-state index in [4.69, 9.17) is 0 Å². The highest BCUT2D eigenvalue weighted by molar-refractivity contribution is 6.00. The normalized spacial score (nSPS) is 20.3. The molecule has 0 bridgehead atoms. The van der Waals surface area contributed by atoms with E-state index in [-0.39, 0.29) is 24.2 Å². The molecule has 2 rings (SSSR count). The highest BCUT2D eigenvalue weighted by Gasteiger charge is 2.31. The highest BCUT2D eigenvalue weighted by Crippen LogP contribution is 2.13. The second-order valence-electron chi connectivity index (χ2n) is 4.35. The van der Waals surface area contributed by atoms with Crippen molar-refractivity contribution < 1.29 is 14.0 Å². The topological polar surface area (TPSA) is 49.4 Å². The Morgan fingerprint density at radius 2 is 2.11 bits per heavy atom. The molecular weight excluding hydrogens is 235 g/mol. The maximum atomic E-state index is 13.4. The lowest BCUT2D eigenvalue weighted by Gasteiger charge is -2.28. The summed E-state index contributed by atoms with van der Waals surface area (Å²) in [4.78, 5) is 24.2. The second-order valence-corrected chi connectivity index (χ2v) is 4.35. The fourth-order valence-corrected chi connectivity index (χ4v) is 1.98. The van der Waals surface area contributed by atoms with Crippen molar-refractivity contribution in [2.75, 3.05) is 7.05 Å². The molecule has 96 valence electrons. The maximum Gasteiger partial charge on any atom is 0.246 e. The van der Waals surface area contributed by atoms with E-state index in [9.17, 15) is 14.0 Å². The van der Waals surface area contributed by atoms with Gasteiger partial charge in [0.05, 0.1) is 6.04 Å². The number of carbonyl (C=O) groups is 2. The van der Waals surface area contributed by atoms with E-state index >= 15 is 0 Å². The van der Waals surface area contributed by atoms with Gasteiger partial charge in [-0.1, -0.05) is 18.2 Å². The first kappa shape index (κ1) is 12.7. The van der Waals surface area contributed by atoms with Crippen LogP contribution in [0.2, 0.25) is 0 Å². The molecule has 18 heavy (non-hydrogen) atoms. The Labute approximate surface area is 105 Å². The third-order valence-electron chi connectivity index (χ3n) is 3.15. The van der Waals surface area contributed by atoms with Crippen LogP contribution in [0.4, 0.5) is 4.39 Å². The Balaban J connectivity index is 1.97. The molecule has 0 saturated carbocycles. The van der Waals surface area contributed by atoms with Gasteiger partial charge in [-0.05, 0) is 12.5 Å². The van der Waals surface area contributed by atoms with Crippen LogP contribution in [0.15, 0.2) is 24.3 Å². The number of hydrogen-bond donors (Lipinski definition) is 1. The Morgan fingerprint density at radius 1 is 1.39 bits per heavy atom. The van der Waals surface area contributed by atoms with E-state index in [1.54, 1.807) is 18.2 Å². The van der Waals surface area contributed by atoms with Crippen molar-refractivity contribution in [2.45, 2.75) is 25.4 Å². The van der Waals surface area contributed by atoms with Gasteiger partial charge < -0.3 is 5.32 Å². The molecule has 1 saturated heterocycles.